The van der Waals surface area contributed by atoms with Gasteiger partial charge in [0.15, 0.2) is 18.1 Å². The molecule has 1 N–H and O–H groups in total. The maximum Gasteiger partial charge on any atom is 0.262 e. The maximum atomic E-state index is 12.9. The molecule has 0 radical (unpaired) electrons. The molecular weight excluding hydrogens is 423 g/mol. The summed E-state index contributed by atoms with van der Waals surface area (Å²) in [5.41, 5.74) is 3.37. The number of ketones is 1. The third-order valence-corrected chi connectivity index (χ3v) is 5.34. The number of hydrogen-bond acceptors (Lipinski definition) is 4. The minimum Gasteiger partial charge on any atom is -0.480 e. The first kappa shape index (κ1) is 21.8. The summed E-state index contributed by atoms with van der Waals surface area (Å²) in [5.74, 6) is -0.412. The number of aryl methyl sites for hydroxylation is 3. The van der Waals surface area contributed by atoms with Gasteiger partial charge in [0.25, 0.3) is 5.91 Å². The number of hydrogen-bond donors (Lipinski definition) is 1. The smallest absolute Gasteiger partial charge is 0.262 e. The third-order valence-electron chi connectivity index (χ3n) is 4.45. The number of nitrogens with zero attached hydrogens (tertiary/aromatic N) is 1. The first-order chi connectivity index (χ1) is 14.3. The highest BCUT2D eigenvalue weighted by atomic mass is 35.5. The van der Waals surface area contributed by atoms with E-state index in [1.807, 2.05) is 19.1 Å². The zero-order valence-corrected chi connectivity index (χ0v) is 18.3. The molecule has 3 aromatic rings. The average Bonchev–Trinajstić information content (AvgIpc) is 2.73. The van der Waals surface area contributed by atoms with E-state index in [2.05, 4.69) is 10.3 Å². The van der Waals surface area contributed by atoms with Crippen LogP contribution in [-0.2, 0) is 4.79 Å². The fraction of sp³-hybridized carbons (Fsp3) is 0.174. The van der Waals surface area contributed by atoms with Gasteiger partial charge in [-0.15, -0.1) is 0 Å². The van der Waals surface area contributed by atoms with Crippen molar-refractivity contribution < 1.29 is 14.3 Å². The summed E-state index contributed by atoms with van der Waals surface area (Å²) in [7, 11) is 0. The van der Waals surface area contributed by atoms with Gasteiger partial charge in [0.1, 0.15) is 10.0 Å². The van der Waals surface area contributed by atoms with E-state index < -0.39 is 5.91 Å². The van der Waals surface area contributed by atoms with Crippen molar-refractivity contribution in [3.63, 3.8) is 0 Å². The number of pyridine rings is 1. The molecule has 2 aromatic carbocycles. The van der Waals surface area contributed by atoms with Crippen LogP contribution in [-0.4, -0.2) is 23.3 Å². The van der Waals surface area contributed by atoms with Crippen molar-refractivity contribution in [1.29, 1.82) is 0 Å². The van der Waals surface area contributed by atoms with Crippen molar-refractivity contribution in [2.75, 3.05) is 11.9 Å². The second-order valence-electron chi connectivity index (χ2n) is 6.82. The lowest BCUT2D eigenvalue weighted by Gasteiger charge is -2.14. The normalized spacial score (nSPS) is 10.6. The molecule has 1 amide bonds. The van der Waals surface area contributed by atoms with Crippen LogP contribution in [0.5, 0.6) is 5.75 Å². The molecule has 1 heterocycles. The first-order valence-electron chi connectivity index (χ1n) is 9.23. The third kappa shape index (κ3) is 4.81. The lowest BCUT2D eigenvalue weighted by atomic mass is 9.99. The predicted octanol–water partition coefficient (Wildman–Crippen LogP) is 5.56. The van der Waals surface area contributed by atoms with E-state index in [1.54, 1.807) is 50.2 Å². The van der Waals surface area contributed by atoms with Crippen molar-refractivity contribution in [3.05, 3.63) is 86.7 Å². The van der Waals surface area contributed by atoms with Gasteiger partial charge in [-0.25, -0.2) is 0 Å². The van der Waals surface area contributed by atoms with Gasteiger partial charge in [0, 0.05) is 11.1 Å². The molecule has 0 spiro atoms. The molecule has 0 saturated heterocycles. The number of carbonyl (C=O) groups is 2. The van der Waals surface area contributed by atoms with E-state index in [4.69, 9.17) is 27.9 Å². The Kier molecular flexibility index (Phi) is 6.75. The summed E-state index contributed by atoms with van der Waals surface area (Å²) in [6, 6.07) is 14.2. The number of anilines is 1. The summed E-state index contributed by atoms with van der Waals surface area (Å²) >= 11 is 12.4. The van der Waals surface area contributed by atoms with Crippen molar-refractivity contribution in [2.45, 2.75) is 20.8 Å². The van der Waals surface area contributed by atoms with Crippen molar-refractivity contribution in [1.82, 2.24) is 4.98 Å². The molecule has 5 nitrogen and oxygen atoms in total. The Morgan fingerprint density at radius 3 is 2.23 bits per heavy atom. The van der Waals surface area contributed by atoms with Crippen LogP contribution in [0.3, 0.4) is 0 Å². The van der Waals surface area contributed by atoms with E-state index >= 15 is 0 Å². The minimum absolute atomic E-state index is 0.179. The Labute approximate surface area is 185 Å². The molecule has 0 aliphatic rings. The number of nitrogens with one attached hydrogen (secondary N) is 1. The van der Waals surface area contributed by atoms with Gasteiger partial charge in [0.2, 0.25) is 0 Å². The lowest BCUT2D eigenvalue weighted by Crippen LogP contribution is -2.22. The molecule has 0 saturated carbocycles. The lowest BCUT2D eigenvalue weighted by molar-refractivity contribution is -0.118. The Bertz CT molecular complexity index is 1090. The summed E-state index contributed by atoms with van der Waals surface area (Å²) < 4.78 is 5.57. The van der Waals surface area contributed by atoms with Crippen LogP contribution in [0.15, 0.2) is 48.5 Å². The van der Waals surface area contributed by atoms with Gasteiger partial charge in [-0.05, 0) is 32.9 Å². The van der Waals surface area contributed by atoms with Crippen LogP contribution < -0.4 is 10.1 Å². The Morgan fingerprint density at radius 2 is 1.60 bits per heavy atom. The summed E-state index contributed by atoms with van der Waals surface area (Å²) in [6.45, 7) is 5.02. The molecule has 0 aliphatic heterocycles. The molecule has 1 aromatic heterocycles. The van der Waals surface area contributed by atoms with Crippen LogP contribution in [0.25, 0.3) is 0 Å². The van der Waals surface area contributed by atoms with Crippen LogP contribution in [0.1, 0.15) is 32.9 Å². The highest BCUT2D eigenvalue weighted by Crippen LogP contribution is 2.36. The zero-order valence-electron chi connectivity index (χ0n) is 16.8. The number of halogens is 2. The standard InChI is InChI=1S/C23H20Cl2N2O3/c1-13-9-10-18(17(11-13)22(29)16-7-5-4-6-8-16)27-19(28)12-30-23-20(24)14(2)26-15(3)21(23)25/h4-11H,12H2,1-3H3,(H,27,28). The highest BCUT2D eigenvalue weighted by Gasteiger charge is 2.18. The Morgan fingerprint density at radius 1 is 0.967 bits per heavy atom. The molecule has 0 bridgehead atoms. The maximum absolute atomic E-state index is 12.9. The molecule has 30 heavy (non-hydrogen) atoms. The second-order valence-corrected chi connectivity index (χ2v) is 7.58. The number of ether oxygens (including phenoxy) is 1. The number of aromatic nitrogens is 1. The van der Waals surface area contributed by atoms with E-state index in [1.165, 1.54) is 0 Å². The van der Waals surface area contributed by atoms with Crippen molar-refractivity contribution in [2.24, 2.45) is 0 Å². The van der Waals surface area contributed by atoms with E-state index in [0.29, 0.717) is 28.2 Å². The Balaban J connectivity index is 1.79. The number of amides is 1. The largest absolute Gasteiger partial charge is 0.480 e. The van der Waals surface area contributed by atoms with E-state index in [9.17, 15) is 9.59 Å². The number of rotatable bonds is 6. The minimum atomic E-state index is -0.444. The second kappa shape index (κ2) is 9.28. The average molecular weight is 443 g/mol. The van der Waals surface area contributed by atoms with Gasteiger partial charge in [0.05, 0.1) is 17.1 Å². The number of benzene rings is 2. The molecule has 0 atom stereocenters. The van der Waals surface area contributed by atoms with Crippen molar-refractivity contribution in [3.8, 4) is 5.75 Å². The molecule has 0 fully saturated rings. The van der Waals surface area contributed by atoms with Gasteiger partial charge in [-0.1, -0.05) is 65.2 Å². The fourth-order valence-corrected chi connectivity index (χ4v) is 3.36. The summed E-state index contributed by atoms with van der Waals surface area (Å²) in [5, 5.41) is 3.26. The van der Waals surface area contributed by atoms with Crippen molar-refractivity contribution >= 4 is 40.6 Å². The zero-order chi connectivity index (χ0) is 21.8. The van der Waals surface area contributed by atoms with Crippen LogP contribution in [0, 0.1) is 20.8 Å². The monoisotopic (exact) mass is 442 g/mol. The van der Waals surface area contributed by atoms with Crippen LogP contribution in [0.2, 0.25) is 10.0 Å². The quantitative estimate of drug-likeness (QED) is 0.507. The summed E-state index contributed by atoms with van der Waals surface area (Å²) in [6.07, 6.45) is 0. The molecule has 7 heteroatoms. The van der Waals surface area contributed by atoms with Gasteiger partial charge in [-0.3, -0.25) is 14.6 Å². The van der Waals surface area contributed by atoms with E-state index in [0.717, 1.165) is 5.56 Å². The predicted molar refractivity (Wildman–Crippen MR) is 119 cm³/mol. The van der Waals surface area contributed by atoms with Gasteiger partial charge < -0.3 is 10.1 Å². The molecule has 0 unspecified atom stereocenters. The SMILES string of the molecule is Cc1ccc(NC(=O)COc2c(Cl)c(C)nc(C)c2Cl)c(C(=O)c2ccccc2)c1. The van der Waals surface area contributed by atoms with Crippen LogP contribution >= 0.6 is 23.2 Å². The highest BCUT2D eigenvalue weighted by molar-refractivity contribution is 6.37. The number of carbonyl (C=O) groups excluding carboxylic acids is 2. The van der Waals surface area contributed by atoms with Gasteiger partial charge in [-0.2, -0.15) is 0 Å². The van der Waals surface area contributed by atoms with Crippen LogP contribution in [0.4, 0.5) is 5.69 Å². The van der Waals surface area contributed by atoms with E-state index in [-0.39, 0.29) is 28.2 Å². The Hall–Kier alpha value is -2.89. The molecular formula is C23H20Cl2N2O3. The van der Waals surface area contributed by atoms with Gasteiger partial charge >= 0.3 is 0 Å². The topological polar surface area (TPSA) is 68.3 Å². The molecule has 3 rings (SSSR count). The first-order valence-corrected chi connectivity index (χ1v) is 9.98. The fourth-order valence-electron chi connectivity index (χ4n) is 2.93. The summed E-state index contributed by atoms with van der Waals surface area (Å²) in [4.78, 5) is 29.7. The molecule has 0 aliphatic carbocycles. The molecule has 154 valence electrons.